The molecular weight excluding hydrogens is 595 g/mol. The van der Waals surface area contributed by atoms with Gasteiger partial charge in [-0.25, -0.2) is 0 Å². The fourth-order valence-electron chi connectivity index (χ4n) is 7.62. The van der Waals surface area contributed by atoms with Gasteiger partial charge in [-0.1, -0.05) is 121 Å². The standard InChI is InChI=1S/C44H27BN4/c46-28-34-25-35(29-47)44-42-43(34)48(36-17-9-3-10-18-36)40-23-21-32(30-13-5-1-6-14-30)26-38(40)45(42)39-27-33(31-15-7-2-8-16-31)22-24-41(39)49(44)37-19-11-4-12-20-37/h1-27H. The molecule has 0 radical (unpaired) electrons. The van der Waals surface area contributed by atoms with Gasteiger partial charge in [0.1, 0.15) is 12.1 Å². The third kappa shape index (κ3) is 4.45. The van der Waals surface area contributed by atoms with Crippen LogP contribution in [0.2, 0.25) is 0 Å². The topological polar surface area (TPSA) is 54.1 Å². The molecule has 7 aromatic rings. The number of fused-ring (bicyclic) bond motifs is 4. The molecule has 49 heavy (non-hydrogen) atoms. The molecule has 7 aromatic carbocycles. The summed E-state index contributed by atoms with van der Waals surface area (Å²) < 4.78 is 0. The Hall–Kier alpha value is -6.82. The molecule has 0 unspecified atom stereocenters. The SMILES string of the molecule is N#Cc1cc(C#N)c2c3c1N(c1ccccc1)c1ccc(-c4ccccc4)cc1B3c1cc(-c3ccccc3)ccc1N2c1ccccc1. The van der Waals surface area contributed by atoms with Crippen LogP contribution in [-0.4, -0.2) is 6.71 Å². The van der Waals surface area contributed by atoms with Crippen LogP contribution < -0.4 is 26.2 Å². The number of nitrogens with zero attached hydrogens (tertiary/aromatic N) is 4. The Morgan fingerprint density at radius 3 is 1.18 bits per heavy atom. The van der Waals surface area contributed by atoms with Crippen LogP contribution in [0.5, 0.6) is 0 Å². The molecular formula is C44H27BN4. The predicted octanol–water partition coefficient (Wildman–Crippen LogP) is 8.85. The molecule has 2 heterocycles. The summed E-state index contributed by atoms with van der Waals surface area (Å²) in [6.07, 6.45) is 0. The van der Waals surface area contributed by atoms with Crippen LogP contribution in [0.25, 0.3) is 22.3 Å². The van der Waals surface area contributed by atoms with Crippen molar-refractivity contribution >= 4 is 57.2 Å². The van der Waals surface area contributed by atoms with Crippen molar-refractivity contribution in [1.82, 2.24) is 0 Å². The fraction of sp³-hybridized carbons (Fsp3) is 0. The van der Waals surface area contributed by atoms with E-state index >= 15 is 0 Å². The summed E-state index contributed by atoms with van der Waals surface area (Å²) in [5.74, 6) is 0. The van der Waals surface area contributed by atoms with Crippen LogP contribution >= 0.6 is 0 Å². The Balaban J connectivity index is 1.44. The van der Waals surface area contributed by atoms with Crippen molar-refractivity contribution < 1.29 is 0 Å². The molecule has 0 fully saturated rings. The highest BCUT2D eigenvalue weighted by Gasteiger charge is 2.45. The van der Waals surface area contributed by atoms with Gasteiger partial charge in [0.05, 0.1) is 22.5 Å². The minimum absolute atomic E-state index is 0.248. The van der Waals surface area contributed by atoms with Crippen molar-refractivity contribution in [2.24, 2.45) is 0 Å². The number of rotatable bonds is 4. The van der Waals surface area contributed by atoms with Crippen molar-refractivity contribution in [2.45, 2.75) is 0 Å². The van der Waals surface area contributed by atoms with Crippen molar-refractivity contribution in [1.29, 1.82) is 10.5 Å². The minimum Gasteiger partial charge on any atom is -0.310 e. The van der Waals surface area contributed by atoms with E-state index in [9.17, 15) is 10.5 Å². The van der Waals surface area contributed by atoms with E-state index in [4.69, 9.17) is 0 Å². The van der Waals surface area contributed by atoms with Gasteiger partial charge in [0, 0.05) is 22.7 Å². The van der Waals surface area contributed by atoms with Crippen LogP contribution in [-0.2, 0) is 0 Å². The Bertz CT molecular complexity index is 2300. The van der Waals surface area contributed by atoms with Gasteiger partial charge < -0.3 is 9.80 Å². The average molecular weight is 623 g/mol. The summed E-state index contributed by atoms with van der Waals surface area (Å²) >= 11 is 0. The van der Waals surface area contributed by atoms with Gasteiger partial charge in [-0.2, -0.15) is 10.5 Å². The first-order valence-corrected chi connectivity index (χ1v) is 16.4. The second kappa shape index (κ2) is 11.5. The predicted molar refractivity (Wildman–Crippen MR) is 201 cm³/mol. The second-order valence-electron chi connectivity index (χ2n) is 12.4. The number of benzene rings is 7. The monoisotopic (exact) mass is 622 g/mol. The van der Waals surface area contributed by atoms with Gasteiger partial charge in [0.15, 0.2) is 0 Å². The molecule has 0 saturated carbocycles. The fourth-order valence-corrected chi connectivity index (χ4v) is 7.62. The van der Waals surface area contributed by atoms with E-state index in [0.29, 0.717) is 11.1 Å². The molecule has 5 heteroatoms. The number of hydrogen-bond donors (Lipinski definition) is 0. The molecule has 0 spiro atoms. The van der Waals surface area contributed by atoms with Gasteiger partial charge in [0.25, 0.3) is 6.71 Å². The first kappa shape index (κ1) is 28.4. The number of nitriles is 2. The van der Waals surface area contributed by atoms with Crippen molar-refractivity contribution in [3.8, 4) is 34.4 Å². The molecule has 2 aliphatic rings. The van der Waals surface area contributed by atoms with Crippen molar-refractivity contribution in [2.75, 3.05) is 9.80 Å². The number of hydrogen-bond acceptors (Lipinski definition) is 4. The lowest BCUT2D eigenvalue weighted by molar-refractivity contribution is 1.23. The van der Waals surface area contributed by atoms with Gasteiger partial charge >= 0.3 is 0 Å². The lowest BCUT2D eigenvalue weighted by Gasteiger charge is -2.45. The number of para-hydroxylation sites is 2. The summed E-state index contributed by atoms with van der Waals surface area (Å²) in [5.41, 5.74) is 14.2. The van der Waals surface area contributed by atoms with E-state index in [-0.39, 0.29) is 6.71 Å². The van der Waals surface area contributed by atoms with Gasteiger partial charge in [0.2, 0.25) is 0 Å². The van der Waals surface area contributed by atoms with Gasteiger partial charge in [-0.05, 0) is 81.1 Å². The van der Waals surface area contributed by atoms with E-state index in [2.05, 4.69) is 131 Å². The van der Waals surface area contributed by atoms with Crippen LogP contribution in [0.4, 0.5) is 34.1 Å². The van der Waals surface area contributed by atoms with E-state index in [1.165, 1.54) is 0 Å². The third-order valence-corrected chi connectivity index (χ3v) is 9.69. The zero-order valence-corrected chi connectivity index (χ0v) is 26.5. The quantitative estimate of drug-likeness (QED) is 0.184. The smallest absolute Gasteiger partial charge is 0.252 e. The molecule has 4 nitrogen and oxygen atoms in total. The molecule has 0 aliphatic carbocycles. The summed E-state index contributed by atoms with van der Waals surface area (Å²) in [6, 6.07) is 61.5. The van der Waals surface area contributed by atoms with Crippen LogP contribution in [0, 0.1) is 22.7 Å². The van der Waals surface area contributed by atoms with Crippen LogP contribution in [0.3, 0.4) is 0 Å². The first-order chi connectivity index (χ1) is 24.2. The Morgan fingerprint density at radius 2 is 0.796 bits per heavy atom. The molecule has 0 saturated heterocycles. The van der Waals surface area contributed by atoms with Gasteiger partial charge in [-0.15, -0.1) is 0 Å². The summed E-state index contributed by atoms with van der Waals surface area (Å²) in [4.78, 5) is 4.43. The zero-order valence-electron chi connectivity index (χ0n) is 26.5. The van der Waals surface area contributed by atoms with Crippen LogP contribution in [0.15, 0.2) is 164 Å². The van der Waals surface area contributed by atoms with E-state index < -0.39 is 0 Å². The Morgan fingerprint density at radius 1 is 0.408 bits per heavy atom. The highest BCUT2D eigenvalue weighted by atomic mass is 15.2. The molecule has 0 atom stereocenters. The minimum atomic E-state index is -0.248. The maximum absolute atomic E-state index is 10.8. The second-order valence-corrected chi connectivity index (χ2v) is 12.4. The Kier molecular flexibility index (Phi) is 6.64. The highest BCUT2D eigenvalue weighted by molar-refractivity contribution is 7.00. The Labute approximate surface area is 286 Å². The van der Waals surface area contributed by atoms with Crippen LogP contribution in [0.1, 0.15) is 11.1 Å². The summed E-state index contributed by atoms with van der Waals surface area (Å²) in [7, 11) is 0. The van der Waals surface area contributed by atoms with Crippen molar-refractivity contribution in [3.05, 3.63) is 175 Å². The molecule has 0 bridgehead atoms. The van der Waals surface area contributed by atoms with E-state index in [1.807, 2.05) is 48.5 Å². The van der Waals surface area contributed by atoms with E-state index in [0.717, 1.165) is 72.8 Å². The molecule has 226 valence electrons. The lowest BCUT2D eigenvalue weighted by atomic mass is 9.33. The van der Waals surface area contributed by atoms with Crippen molar-refractivity contribution in [3.63, 3.8) is 0 Å². The van der Waals surface area contributed by atoms with Gasteiger partial charge in [-0.3, -0.25) is 0 Å². The third-order valence-electron chi connectivity index (χ3n) is 9.69. The largest absolute Gasteiger partial charge is 0.310 e. The first-order valence-electron chi connectivity index (χ1n) is 16.4. The number of anilines is 6. The maximum Gasteiger partial charge on any atom is 0.252 e. The molecule has 0 amide bonds. The average Bonchev–Trinajstić information content (AvgIpc) is 3.18. The molecule has 0 aromatic heterocycles. The summed E-state index contributed by atoms with van der Waals surface area (Å²) in [6.45, 7) is -0.248. The lowest BCUT2D eigenvalue weighted by Crippen LogP contribution is -2.62. The van der Waals surface area contributed by atoms with E-state index in [1.54, 1.807) is 6.07 Å². The molecule has 0 N–H and O–H groups in total. The highest BCUT2D eigenvalue weighted by Crippen LogP contribution is 2.47. The zero-order chi connectivity index (χ0) is 32.9. The molecule has 2 aliphatic heterocycles. The maximum atomic E-state index is 10.8. The summed E-state index contributed by atoms with van der Waals surface area (Å²) in [5, 5.41) is 21.5. The normalized spacial score (nSPS) is 12.3. The molecule has 9 rings (SSSR count).